The standard InChI is InChI=1S/C16H18F3N3O/c1-4-22(13-9-11(2)5-6-12(13)3)15(23)10-21-8-7-14(20-21)16(17,18)19/h5-9H,4,10H2,1-3H3. The molecule has 1 aromatic carbocycles. The zero-order valence-corrected chi connectivity index (χ0v) is 13.2. The monoisotopic (exact) mass is 325 g/mol. The van der Waals surface area contributed by atoms with E-state index in [1.165, 1.54) is 0 Å². The van der Waals surface area contributed by atoms with Gasteiger partial charge in [-0.25, -0.2) is 0 Å². The van der Waals surface area contributed by atoms with Gasteiger partial charge < -0.3 is 4.90 Å². The van der Waals surface area contributed by atoms with E-state index in [0.29, 0.717) is 6.54 Å². The Bertz CT molecular complexity index is 707. The van der Waals surface area contributed by atoms with E-state index in [-0.39, 0.29) is 12.5 Å². The quantitative estimate of drug-likeness (QED) is 0.862. The molecule has 1 amide bonds. The van der Waals surface area contributed by atoms with E-state index < -0.39 is 11.9 Å². The molecular weight excluding hydrogens is 307 g/mol. The fourth-order valence-electron chi connectivity index (χ4n) is 2.32. The summed E-state index contributed by atoms with van der Waals surface area (Å²) in [5.41, 5.74) is 1.71. The maximum atomic E-state index is 12.6. The van der Waals surface area contributed by atoms with Gasteiger partial charge in [0.2, 0.25) is 5.91 Å². The van der Waals surface area contributed by atoms with Crippen molar-refractivity contribution in [1.82, 2.24) is 9.78 Å². The van der Waals surface area contributed by atoms with E-state index in [4.69, 9.17) is 0 Å². The second-order valence-corrected chi connectivity index (χ2v) is 5.32. The number of carbonyl (C=O) groups excluding carboxylic acids is 1. The molecule has 2 rings (SSSR count). The van der Waals surface area contributed by atoms with Crippen LogP contribution >= 0.6 is 0 Å². The van der Waals surface area contributed by atoms with Crippen LogP contribution in [-0.4, -0.2) is 22.2 Å². The molecule has 0 aliphatic heterocycles. The summed E-state index contributed by atoms with van der Waals surface area (Å²) >= 11 is 0. The van der Waals surface area contributed by atoms with Gasteiger partial charge in [-0.15, -0.1) is 0 Å². The van der Waals surface area contributed by atoms with Crippen molar-refractivity contribution in [3.63, 3.8) is 0 Å². The molecule has 2 aromatic rings. The van der Waals surface area contributed by atoms with Gasteiger partial charge in [0.1, 0.15) is 6.54 Å². The Morgan fingerprint density at radius 1 is 1.26 bits per heavy atom. The van der Waals surface area contributed by atoms with Crippen LogP contribution in [0.4, 0.5) is 18.9 Å². The summed E-state index contributed by atoms with van der Waals surface area (Å²) in [6.45, 7) is 5.82. The average Bonchev–Trinajstić information content (AvgIpc) is 2.92. The summed E-state index contributed by atoms with van der Waals surface area (Å²) in [5.74, 6) is -0.307. The van der Waals surface area contributed by atoms with Crippen molar-refractivity contribution in [3.8, 4) is 0 Å². The SMILES string of the molecule is CCN(C(=O)Cn1ccc(C(F)(F)F)n1)c1cc(C)ccc1C. The number of nitrogens with zero attached hydrogens (tertiary/aromatic N) is 3. The fraction of sp³-hybridized carbons (Fsp3) is 0.375. The number of carbonyl (C=O) groups is 1. The summed E-state index contributed by atoms with van der Waals surface area (Å²) < 4.78 is 38.7. The van der Waals surface area contributed by atoms with Crippen molar-refractivity contribution in [2.24, 2.45) is 0 Å². The van der Waals surface area contributed by atoms with Crippen LogP contribution < -0.4 is 4.90 Å². The molecule has 1 heterocycles. The van der Waals surface area contributed by atoms with Gasteiger partial charge in [0.05, 0.1) is 0 Å². The lowest BCUT2D eigenvalue weighted by atomic mass is 10.1. The number of likely N-dealkylation sites (N-methyl/N-ethyl adjacent to an activating group) is 1. The minimum atomic E-state index is -4.51. The summed E-state index contributed by atoms with van der Waals surface area (Å²) in [4.78, 5) is 14.0. The van der Waals surface area contributed by atoms with Crippen LogP contribution in [0.15, 0.2) is 30.5 Å². The van der Waals surface area contributed by atoms with E-state index in [0.717, 1.165) is 33.8 Å². The van der Waals surface area contributed by atoms with E-state index in [9.17, 15) is 18.0 Å². The maximum absolute atomic E-state index is 12.6. The molecule has 0 saturated carbocycles. The van der Waals surface area contributed by atoms with E-state index in [1.807, 2.05) is 39.0 Å². The van der Waals surface area contributed by atoms with Crippen molar-refractivity contribution in [3.05, 3.63) is 47.3 Å². The minimum absolute atomic E-state index is 0.239. The largest absolute Gasteiger partial charge is 0.435 e. The van der Waals surface area contributed by atoms with Crippen molar-refractivity contribution in [2.75, 3.05) is 11.4 Å². The van der Waals surface area contributed by atoms with Gasteiger partial charge in [0, 0.05) is 18.4 Å². The first-order valence-electron chi connectivity index (χ1n) is 7.20. The summed E-state index contributed by atoms with van der Waals surface area (Å²) in [5, 5.41) is 3.42. The molecule has 0 aliphatic rings. The first-order valence-corrected chi connectivity index (χ1v) is 7.20. The predicted octanol–water partition coefficient (Wildman–Crippen LogP) is 3.57. The number of hydrogen-bond acceptors (Lipinski definition) is 2. The average molecular weight is 325 g/mol. The number of aromatic nitrogens is 2. The number of rotatable bonds is 4. The number of amides is 1. The fourth-order valence-corrected chi connectivity index (χ4v) is 2.32. The van der Waals surface area contributed by atoms with Gasteiger partial charge >= 0.3 is 6.18 Å². The third-order valence-electron chi connectivity index (χ3n) is 3.50. The number of halogens is 3. The van der Waals surface area contributed by atoms with Crippen LogP contribution in [-0.2, 0) is 17.5 Å². The van der Waals surface area contributed by atoms with Gasteiger partial charge in [-0.1, -0.05) is 12.1 Å². The summed E-state index contributed by atoms with van der Waals surface area (Å²) in [7, 11) is 0. The number of anilines is 1. The van der Waals surface area contributed by atoms with Crippen molar-refractivity contribution >= 4 is 11.6 Å². The summed E-state index contributed by atoms with van der Waals surface area (Å²) in [6, 6.07) is 6.61. The molecule has 0 atom stereocenters. The Balaban J connectivity index is 2.21. The second-order valence-electron chi connectivity index (χ2n) is 5.32. The second kappa shape index (κ2) is 6.44. The Labute approximate surface area is 132 Å². The molecule has 124 valence electrons. The lowest BCUT2D eigenvalue weighted by Crippen LogP contribution is -2.34. The number of hydrogen-bond donors (Lipinski definition) is 0. The molecule has 4 nitrogen and oxygen atoms in total. The van der Waals surface area contributed by atoms with E-state index in [2.05, 4.69) is 5.10 Å². The molecule has 0 radical (unpaired) electrons. The van der Waals surface area contributed by atoms with Crippen molar-refractivity contribution in [1.29, 1.82) is 0 Å². The molecule has 0 fully saturated rings. The van der Waals surface area contributed by atoms with Crippen LogP contribution in [0.3, 0.4) is 0 Å². The highest BCUT2D eigenvalue weighted by atomic mass is 19.4. The third-order valence-corrected chi connectivity index (χ3v) is 3.50. The zero-order valence-electron chi connectivity index (χ0n) is 13.2. The van der Waals surface area contributed by atoms with Gasteiger partial charge in [-0.05, 0) is 44.0 Å². The number of alkyl halides is 3. The summed E-state index contributed by atoms with van der Waals surface area (Å²) in [6.07, 6.45) is -3.34. The number of benzene rings is 1. The predicted molar refractivity (Wildman–Crippen MR) is 81.2 cm³/mol. The molecule has 23 heavy (non-hydrogen) atoms. The highest BCUT2D eigenvalue weighted by Gasteiger charge is 2.33. The Hall–Kier alpha value is -2.31. The molecule has 0 saturated heterocycles. The van der Waals surface area contributed by atoms with Crippen LogP contribution in [0, 0.1) is 13.8 Å². The molecular formula is C16H18F3N3O. The van der Waals surface area contributed by atoms with E-state index >= 15 is 0 Å². The van der Waals surface area contributed by atoms with Gasteiger partial charge in [-0.3, -0.25) is 9.48 Å². The van der Waals surface area contributed by atoms with Gasteiger partial charge in [-0.2, -0.15) is 18.3 Å². The molecule has 0 aliphatic carbocycles. The minimum Gasteiger partial charge on any atom is -0.311 e. The maximum Gasteiger partial charge on any atom is 0.435 e. The van der Waals surface area contributed by atoms with Crippen molar-refractivity contribution < 1.29 is 18.0 Å². The normalized spacial score (nSPS) is 11.6. The molecule has 0 spiro atoms. The molecule has 1 aromatic heterocycles. The zero-order chi connectivity index (χ0) is 17.2. The number of aryl methyl sites for hydroxylation is 2. The van der Waals surface area contributed by atoms with Crippen LogP contribution in [0.25, 0.3) is 0 Å². The first-order chi connectivity index (χ1) is 10.7. The van der Waals surface area contributed by atoms with Crippen LogP contribution in [0.5, 0.6) is 0 Å². The van der Waals surface area contributed by atoms with Crippen molar-refractivity contribution in [2.45, 2.75) is 33.5 Å². The third kappa shape index (κ3) is 3.91. The Kier molecular flexibility index (Phi) is 4.77. The molecule has 0 unspecified atom stereocenters. The topological polar surface area (TPSA) is 38.1 Å². The van der Waals surface area contributed by atoms with E-state index in [1.54, 1.807) is 4.90 Å². The molecule has 0 bridgehead atoms. The Morgan fingerprint density at radius 2 is 1.96 bits per heavy atom. The Morgan fingerprint density at radius 3 is 2.52 bits per heavy atom. The highest BCUT2D eigenvalue weighted by molar-refractivity contribution is 5.93. The van der Waals surface area contributed by atoms with Gasteiger partial charge in [0.15, 0.2) is 5.69 Å². The highest BCUT2D eigenvalue weighted by Crippen LogP contribution is 2.27. The molecule has 0 N–H and O–H groups in total. The lowest BCUT2D eigenvalue weighted by molar-refractivity contribution is -0.141. The van der Waals surface area contributed by atoms with Crippen LogP contribution in [0.1, 0.15) is 23.7 Å². The lowest BCUT2D eigenvalue weighted by Gasteiger charge is -2.23. The first kappa shape index (κ1) is 17.1. The van der Waals surface area contributed by atoms with Gasteiger partial charge in [0.25, 0.3) is 0 Å². The van der Waals surface area contributed by atoms with Crippen LogP contribution in [0.2, 0.25) is 0 Å². The smallest absolute Gasteiger partial charge is 0.311 e. The molecule has 7 heteroatoms.